The number of hydrogen-bond acceptors (Lipinski definition) is 5. The zero-order valence-corrected chi connectivity index (χ0v) is 19.4. The summed E-state index contributed by atoms with van der Waals surface area (Å²) >= 11 is 0. The fourth-order valence-electron chi connectivity index (χ4n) is 3.54. The molecule has 0 saturated heterocycles. The third-order valence-corrected chi connectivity index (χ3v) is 5.26. The van der Waals surface area contributed by atoms with Crippen molar-refractivity contribution in [1.29, 1.82) is 0 Å². The monoisotopic (exact) mass is 471 g/mol. The van der Waals surface area contributed by atoms with Crippen LogP contribution in [0.1, 0.15) is 5.56 Å². The molecule has 0 aliphatic rings. The van der Waals surface area contributed by atoms with Gasteiger partial charge in [0.05, 0.1) is 36.2 Å². The number of H-pyrrole nitrogens is 1. The molecule has 0 aliphatic carbocycles. The summed E-state index contributed by atoms with van der Waals surface area (Å²) in [5, 5.41) is 6.68. The predicted molar refractivity (Wildman–Crippen MR) is 135 cm³/mol. The van der Waals surface area contributed by atoms with Crippen molar-refractivity contribution >= 4 is 24.2 Å². The molecule has 4 aromatic rings. The molecular formula is C27H25N3O5. The van der Waals surface area contributed by atoms with Gasteiger partial charge in [0.2, 0.25) is 0 Å². The van der Waals surface area contributed by atoms with E-state index in [1.165, 1.54) is 18.9 Å². The molecule has 178 valence electrons. The molecule has 4 rings (SSSR count). The second-order valence-corrected chi connectivity index (χ2v) is 7.57. The number of anilines is 1. The number of benzene rings is 3. The average molecular weight is 472 g/mol. The minimum Gasteiger partial charge on any atom is -0.495 e. The number of methoxy groups -OCH3 is 2. The highest BCUT2D eigenvalue weighted by molar-refractivity contribution is 5.93. The van der Waals surface area contributed by atoms with E-state index >= 15 is 0 Å². The lowest BCUT2D eigenvalue weighted by Crippen LogP contribution is -2.33. The van der Waals surface area contributed by atoms with Crippen molar-refractivity contribution in [3.63, 3.8) is 0 Å². The molecule has 8 heteroatoms. The molecular weight excluding hydrogens is 446 g/mol. The van der Waals surface area contributed by atoms with E-state index in [1.54, 1.807) is 42.5 Å². The zero-order chi connectivity index (χ0) is 24.8. The number of para-hydroxylation sites is 3. The first kappa shape index (κ1) is 23.4. The van der Waals surface area contributed by atoms with E-state index in [2.05, 4.69) is 17.0 Å². The van der Waals surface area contributed by atoms with Gasteiger partial charge < -0.3 is 19.5 Å². The number of ether oxygens (including phenoxy) is 3. The summed E-state index contributed by atoms with van der Waals surface area (Å²) in [5.41, 5.74) is 1.77. The van der Waals surface area contributed by atoms with Crippen LogP contribution >= 0.6 is 0 Å². The van der Waals surface area contributed by atoms with Crippen molar-refractivity contribution in [2.24, 2.45) is 0 Å². The molecule has 35 heavy (non-hydrogen) atoms. The summed E-state index contributed by atoms with van der Waals surface area (Å²) in [6.45, 7) is 3.74. The number of nitrogens with one attached hydrogen (secondary N) is 2. The smallest absolute Gasteiger partial charge is 0.279 e. The van der Waals surface area contributed by atoms with Gasteiger partial charge in [0.15, 0.2) is 18.1 Å². The van der Waals surface area contributed by atoms with E-state index in [9.17, 15) is 9.59 Å². The van der Waals surface area contributed by atoms with Crippen molar-refractivity contribution < 1.29 is 19.0 Å². The summed E-state index contributed by atoms with van der Waals surface area (Å²) < 4.78 is 17.8. The summed E-state index contributed by atoms with van der Waals surface area (Å²) in [6, 6.07) is 21.6. The minimum atomic E-state index is -0.345. The van der Waals surface area contributed by atoms with E-state index in [0.717, 1.165) is 5.69 Å². The Kier molecular flexibility index (Phi) is 7.02. The first-order chi connectivity index (χ1) is 17.0. The van der Waals surface area contributed by atoms with Gasteiger partial charge in [0, 0.05) is 0 Å². The van der Waals surface area contributed by atoms with Crippen molar-refractivity contribution in [2.45, 2.75) is 0 Å². The molecule has 0 atom stereocenters. The molecule has 0 aliphatic heterocycles. The maximum atomic E-state index is 12.9. The lowest BCUT2D eigenvalue weighted by Gasteiger charge is -2.12. The topological polar surface area (TPSA) is 94.6 Å². The lowest BCUT2D eigenvalue weighted by atomic mass is 10.1. The molecule has 0 radical (unpaired) electrons. The normalized spacial score (nSPS) is 11.2. The van der Waals surface area contributed by atoms with Gasteiger partial charge in [0.1, 0.15) is 5.75 Å². The molecule has 8 nitrogen and oxygen atoms in total. The summed E-state index contributed by atoms with van der Waals surface area (Å²) in [4.78, 5) is 25.3. The predicted octanol–water partition coefficient (Wildman–Crippen LogP) is 2.44. The van der Waals surface area contributed by atoms with Crippen molar-refractivity contribution in [3.8, 4) is 22.9 Å². The molecule has 2 N–H and O–H groups in total. The van der Waals surface area contributed by atoms with Gasteiger partial charge in [0.25, 0.3) is 11.5 Å². The van der Waals surface area contributed by atoms with E-state index in [4.69, 9.17) is 14.2 Å². The van der Waals surface area contributed by atoms with Crippen molar-refractivity contribution in [1.82, 2.24) is 9.78 Å². The first-order valence-electron chi connectivity index (χ1n) is 10.8. The van der Waals surface area contributed by atoms with Gasteiger partial charge in [-0.05, 0) is 48.0 Å². The van der Waals surface area contributed by atoms with Gasteiger partial charge >= 0.3 is 0 Å². The van der Waals surface area contributed by atoms with Gasteiger partial charge in [-0.3, -0.25) is 14.7 Å². The van der Waals surface area contributed by atoms with E-state index in [1.807, 2.05) is 36.4 Å². The van der Waals surface area contributed by atoms with E-state index in [0.29, 0.717) is 39.1 Å². The number of amides is 1. The number of carbonyl (C=O) groups excluding carboxylic acids is 1. The average Bonchev–Trinajstić information content (AvgIpc) is 3.17. The molecule has 0 saturated carbocycles. The maximum absolute atomic E-state index is 12.9. The number of aromatic amines is 1. The summed E-state index contributed by atoms with van der Waals surface area (Å²) in [6.07, 6.45) is 1.72. The third-order valence-electron chi connectivity index (χ3n) is 5.26. The molecule has 3 aromatic carbocycles. The van der Waals surface area contributed by atoms with Crippen LogP contribution in [0, 0.1) is 0 Å². The van der Waals surface area contributed by atoms with Crippen LogP contribution in [0.15, 0.2) is 77.6 Å². The fourth-order valence-corrected chi connectivity index (χ4v) is 3.54. The number of rotatable bonds is 8. The number of aromatic nitrogens is 2. The maximum Gasteiger partial charge on any atom is 0.279 e. The van der Waals surface area contributed by atoms with Crippen LogP contribution in [0.3, 0.4) is 0 Å². The molecule has 0 bridgehead atoms. The standard InChI is InChI=1S/C27H25N3O5/c1-18-21(27(32)30(29-18)20-9-5-4-6-10-20)15-19-13-14-24(25(16-19)34-3)35-17-26(31)28-22-11-7-8-12-23(22)33-2/h4-16,29H,1,17H2,2-3H3,(H,28,31)/b21-15-. The lowest BCUT2D eigenvalue weighted by molar-refractivity contribution is -0.118. The van der Waals surface area contributed by atoms with Crippen molar-refractivity contribution in [2.75, 3.05) is 26.1 Å². The van der Waals surface area contributed by atoms with Crippen LogP contribution < -0.4 is 35.7 Å². The number of hydrogen-bond donors (Lipinski definition) is 2. The van der Waals surface area contributed by atoms with Crippen LogP contribution in [0.5, 0.6) is 17.2 Å². The summed E-state index contributed by atoms with van der Waals surface area (Å²) in [7, 11) is 3.04. The van der Waals surface area contributed by atoms with Gasteiger partial charge in [-0.2, -0.15) is 0 Å². The van der Waals surface area contributed by atoms with Gasteiger partial charge in [-0.15, -0.1) is 0 Å². The highest BCUT2D eigenvalue weighted by Gasteiger charge is 2.11. The van der Waals surface area contributed by atoms with Crippen LogP contribution in [-0.2, 0) is 4.79 Å². The quantitative estimate of drug-likeness (QED) is 0.412. The Morgan fingerprint density at radius 1 is 0.971 bits per heavy atom. The van der Waals surface area contributed by atoms with Gasteiger partial charge in [-0.25, -0.2) is 4.68 Å². The van der Waals surface area contributed by atoms with Crippen LogP contribution in [-0.4, -0.2) is 36.5 Å². The minimum absolute atomic E-state index is 0.214. The third kappa shape index (κ3) is 5.27. The first-order valence-corrected chi connectivity index (χ1v) is 10.8. The second kappa shape index (κ2) is 10.5. The Morgan fingerprint density at radius 2 is 1.69 bits per heavy atom. The Labute approximate surface area is 201 Å². The van der Waals surface area contributed by atoms with Crippen molar-refractivity contribution in [3.05, 3.63) is 99.3 Å². The SMILES string of the molecule is C=c1[nH]n(-c2ccccc2)c(=O)/c1=C\c1ccc(OCC(=O)Nc2ccccc2OC)c(OC)c1. The van der Waals surface area contributed by atoms with Crippen LogP contribution in [0.2, 0.25) is 0 Å². The Morgan fingerprint density at radius 3 is 2.43 bits per heavy atom. The van der Waals surface area contributed by atoms with Crippen LogP contribution in [0.4, 0.5) is 5.69 Å². The Balaban J connectivity index is 1.53. The molecule has 0 spiro atoms. The zero-order valence-electron chi connectivity index (χ0n) is 19.4. The highest BCUT2D eigenvalue weighted by atomic mass is 16.5. The number of carbonyl (C=O) groups is 1. The Bertz CT molecular complexity index is 1510. The fraction of sp³-hybridized carbons (Fsp3) is 0.111. The molecule has 0 unspecified atom stereocenters. The second-order valence-electron chi connectivity index (χ2n) is 7.57. The van der Waals surface area contributed by atoms with E-state index in [-0.39, 0.29) is 18.1 Å². The summed E-state index contributed by atoms with van der Waals surface area (Å²) in [5.74, 6) is 1.03. The number of nitrogens with zero attached hydrogens (tertiary/aromatic N) is 1. The Hall–Kier alpha value is -4.72. The highest BCUT2D eigenvalue weighted by Crippen LogP contribution is 2.28. The molecule has 1 heterocycles. The molecule has 0 fully saturated rings. The van der Waals surface area contributed by atoms with Gasteiger partial charge in [-0.1, -0.05) is 43.0 Å². The van der Waals surface area contributed by atoms with E-state index < -0.39 is 0 Å². The largest absolute Gasteiger partial charge is 0.495 e. The molecule has 1 aromatic heterocycles. The van der Waals surface area contributed by atoms with Crippen LogP contribution in [0.25, 0.3) is 18.3 Å². The molecule has 1 amide bonds.